The topological polar surface area (TPSA) is 82.0 Å². The zero-order valence-electron chi connectivity index (χ0n) is 8.29. The number of hydrogen-bond acceptors (Lipinski definition) is 4. The highest BCUT2D eigenvalue weighted by molar-refractivity contribution is 6.00. The SMILES string of the molecule is Cc1cnc(N)c(C(=O)CCCN)c1. The first-order chi connectivity index (χ1) is 6.65. The molecule has 0 aliphatic heterocycles. The van der Waals surface area contributed by atoms with E-state index in [0.717, 1.165) is 5.56 Å². The Kier molecular flexibility index (Phi) is 3.59. The lowest BCUT2D eigenvalue weighted by molar-refractivity contribution is 0.0981. The van der Waals surface area contributed by atoms with Gasteiger partial charge in [-0.1, -0.05) is 0 Å². The molecule has 0 spiro atoms. The minimum Gasteiger partial charge on any atom is -0.383 e. The summed E-state index contributed by atoms with van der Waals surface area (Å²) in [6, 6.07) is 1.77. The maximum Gasteiger partial charge on any atom is 0.166 e. The van der Waals surface area contributed by atoms with E-state index in [1.165, 1.54) is 0 Å². The fourth-order valence-electron chi connectivity index (χ4n) is 1.20. The lowest BCUT2D eigenvalue weighted by Gasteiger charge is -2.04. The molecule has 0 bridgehead atoms. The van der Waals surface area contributed by atoms with Crippen LogP contribution < -0.4 is 11.5 Å². The molecule has 0 fully saturated rings. The molecule has 1 aromatic heterocycles. The highest BCUT2D eigenvalue weighted by atomic mass is 16.1. The van der Waals surface area contributed by atoms with Gasteiger partial charge >= 0.3 is 0 Å². The van der Waals surface area contributed by atoms with Crippen molar-refractivity contribution >= 4 is 11.6 Å². The van der Waals surface area contributed by atoms with Crippen LogP contribution in [0.2, 0.25) is 0 Å². The highest BCUT2D eigenvalue weighted by Crippen LogP contribution is 2.13. The van der Waals surface area contributed by atoms with Gasteiger partial charge in [-0.3, -0.25) is 4.79 Å². The molecule has 0 aromatic carbocycles. The zero-order valence-corrected chi connectivity index (χ0v) is 8.29. The van der Waals surface area contributed by atoms with Gasteiger partial charge in [-0.25, -0.2) is 4.98 Å². The van der Waals surface area contributed by atoms with Gasteiger partial charge in [0.05, 0.1) is 5.56 Å². The van der Waals surface area contributed by atoms with Gasteiger partial charge in [0.2, 0.25) is 0 Å². The molecule has 0 amide bonds. The van der Waals surface area contributed by atoms with Crippen molar-refractivity contribution in [3.8, 4) is 0 Å². The molecule has 1 heterocycles. The van der Waals surface area contributed by atoms with Crippen molar-refractivity contribution in [3.63, 3.8) is 0 Å². The number of nitrogens with zero attached hydrogens (tertiary/aromatic N) is 1. The molecule has 4 nitrogen and oxygen atoms in total. The first-order valence-corrected chi connectivity index (χ1v) is 4.60. The molecular weight excluding hydrogens is 178 g/mol. The fraction of sp³-hybridized carbons (Fsp3) is 0.400. The zero-order chi connectivity index (χ0) is 10.6. The number of Topliss-reactive ketones (excluding diaryl/α,β-unsaturated/α-hetero) is 1. The monoisotopic (exact) mass is 193 g/mol. The summed E-state index contributed by atoms with van der Waals surface area (Å²) in [4.78, 5) is 15.5. The van der Waals surface area contributed by atoms with Crippen molar-refractivity contribution in [2.45, 2.75) is 19.8 Å². The highest BCUT2D eigenvalue weighted by Gasteiger charge is 2.09. The Morgan fingerprint density at radius 3 is 2.93 bits per heavy atom. The smallest absolute Gasteiger partial charge is 0.166 e. The number of anilines is 1. The van der Waals surface area contributed by atoms with Crippen molar-refractivity contribution in [2.75, 3.05) is 12.3 Å². The predicted molar refractivity (Wildman–Crippen MR) is 56.0 cm³/mol. The lowest BCUT2D eigenvalue weighted by Crippen LogP contribution is -2.08. The second-order valence-corrected chi connectivity index (χ2v) is 3.26. The van der Waals surface area contributed by atoms with Crippen LogP contribution >= 0.6 is 0 Å². The quantitative estimate of drug-likeness (QED) is 0.696. The summed E-state index contributed by atoms with van der Waals surface area (Å²) in [6.07, 6.45) is 2.77. The lowest BCUT2D eigenvalue weighted by atomic mass is 10.1. The molecule has 0 atom stereocenters. The first kappa shape index (κ1) is 10.7. The van der Waals surface area contributed by atoms with E-state index in [-0.39, 0.29) is 5.78 Å². The molecule has 1 rings (SSSR count). The maximum absolute atomic E-state index is 11.6. The van der Waals surface area contributed by atoms with Gasteiger partial charge in [-0.15, -0.1) is 0 Å². The maximum atomic E-state index is 11.6. The van der Waals surface area contributed by atoms with E-state index in [1.54, 1.807) is 12.3 Å². The number of ketones is 1. The van der Waals surface area contributed by atoms with Gasteiger partial charge in [-0.05, 0) is 31.5 Å². The molecule has 76 valence electrons. The standard InChI is InChI=1S/C10H15N3O/c1-7-5-8(10(12)13-6-7)9(14)3-2-4-11/h5-6H,2-4,11H2,1H3,(H2,12,13). The number of aromatic nitrogens is 1. The average Bonchev–Trinajstić information content (AvgIpc) is 2.18. The molecule has 4 N–H and O–H groups in total. The number of rotatable bonds is 4. The number of aryl methyl sites for hydroxylation is 1. The van der Waals surface area contributed by atoms with E-state index in [2.05, 4.69) is 4.98 Å². The van der Waals surface area contributed by atoms with E-state index >= 15 is 0 Å². The van der Waals surface area contributed by atoms with Gasteiger partial charge in [0, 0.05) is 12.6 Å². The Bertz CT molecular complexity index is 336. The molecular formula is C10H15N3O. The third-order valence-corrected chi connectivity index (χ3v) is 1.96. The van der Waals surface area contributed by atoms with Gasteiger partial charge in [0.25, 0.3) is 0 Å². The molecule has 0 saturated carbocycles. The van der Waals surface area contributed by atoms with Crippen molar-refractivity contribution < 1.29 is 4.79 Å². The normalized spacial score (nSPS) is 10.1. The molecule has 0 aliphatic rings. The number of carbonyl (C=O) groups is 1. The van der Waals surface area contributed by atoms with Gasteiger partial charge < -0.3 is 11.5 Å². The third kappa shape index (κ3) is 2.53. The van der Waals surface area contributed by atoms with Crippen LogP contribution in [0.1, 0.15) is 28.8 Å². The van der Waals surface area contributed by atoms with Crippen molar-refractivity contribution in [1.82, 2.24) is 4.98 Å². The van der Waals surface area contributed by atoms with Crippen LogP contribution in [0.4, 0.5) is 5.82 Å². The summed E-state index contributed by atoms with van der Waals surface area (Å²) in [6.45, 7) is 2.40. The summed E-state index contributed by atoms with van der Waals surface area (Å²) in [5, 5.41) is 0. The van der Waals surface area contributed by atoms with Gasteiger partial charge in [0.1, 0.15) is 5.82 Å². The van der Waals surface area contributed by atoms with E-state index < -0.39 is 0 Å². The number of nitrogens with two attached hydrogens (primary N) is 2. The van der Waals surface area contributed by atoms with Crippen LogP contribution in [0, 0.1) is 6.92 Å². The van der Waals surface area contributed by atoms with Crippen LogP contribution in [0.3, 0.4) is 0 Å². The number of nitrogen functional groups attached to an aromatic ring is 1. The Morgan fingerprint density at radius 1 is 1.57 bits per heavy atom. The number of pyridine rings is 1. The molecule has 14 heavy (non-hydrogen) atoms. The molecule has 0 saturated heterocycles. The molecule has 4 heteroatoms. The second kappa shape index (κ2) is 4.72. The molecule has 1 aromatic rings. The van der Waals surface area contributed by atoms with E-state index in [4.69, 9.17) is 11.5 Å². The van der Waals surface area contributed by atoms with Crippen LogP contribution in [0.5, 0.6) is 0 Å². The van der Waals surface area contributed by atoms with Crippen LogP contribution in [-0.4, -0.2) is 17.3 Å². The molecule has 0 aliphatic carbocycles. The number of hydrogen-bond donors (Lipinski definition) is 2. The second-order valence-electron chi connectivity index (χ2n) is 3.26. The van der Waals surface area contributed by atoms with E-state index in [1.807, 2.05) is 6.92 Å². The van der Waals surface area contributed by atoms with Crippen LogP contribution in [-0.2, 0) is 0 Å². The van der Waals surface area contributed by atoms with E-state index in [9.17, 15) is 4.79 Å². The largest absolute Gasteiger partial charge is 0.383 e. The summed E-state index contributed by atoms with van der Waals surface area (Å²) in [7, 11) is 0. The van der Waals surface area contributed by atoms with E-state index in [0.29, 0.717) is 30.8 Å². The minimum atomic E-state index is 0.0177. The minimum absolute atomic E-state index is 0.0177. The summed E-state index contributed by atoms with van der Waals surface area (Å²) in [5.41, 5.74) is 12.4. The summed E-state index contributed by atoms with van der Waals surface area (Å²) < 4.78 is 0. The molecule has 0 unspecified atom stereocenters. The fourth-order valence-corrected chi connectivity index (χ4v) is 1.20. The summed E-state index contributed by atoms with van der Waals surface area (Å²) in [5.74, 6) is 0.321. The first-order valence-electron chi connectivity index (χ1n) is 4.60. The van der Waals surface area contributed by atoms with Crippen molar-refractivity contribution in [2.24, 2.45) is 5.73 Å². The Morgan fingerprint density at radius 2 is 2.29 bits per heavy atom. The Hall–Kier alpha value is -1.42. The van der Waals surface area contributed by atoms with Crippen molar-refractivity contribution in [3.05, 3.63) is 23.4 Å². The molecule has 0 radical (unpaired) electrons. The predicted octanol–water partition coefficient (Wildman–Crippen LogP) is 0.894. The Labute approximate surface area is 83.3 Å². The van der Waals surface area contributed by atoms with Gasteiger partial charge in [0.15, 0.2) is 5.78 Å². The summed E-state index contributed by atoms with van der Waals surface area (Å²) >= 11 is 0. The number of carbonyl (C=O) groups excluding carboxylic acids is 1. The third-order valence-electron chi connectivity index (χ3n) is 1.96. The van der Waals surface area contributed by atoms with Crippen LogP contribution in [0.15, 0.2) is 12.3 Å². The average molecular weight is 193 g/mol. The van der Waals surface area contributed by atoms with Gasteiger partial charge in [-0.2, -0.15) is 0 Å². The van der Waals surface area contributed by atoms with Crippen molar-refractivity contribution in [1.29, 1.82) is 0 Å². The van der Waals surface area contributed by atoms with Crippen LogP contribution in [0.25, 0.3) is 0 Å². The Balaban J connectivity index is 2.83.